The fourth-order valence-electron chi connectivity index (χ4n) is 1.60. The van der Waals surface area contributed by atoms with Gasteiger partial charge in [-0.3, -0.25) is 4.99 Å². The third-order valence-electron chi connectivity index (χ3n) is 2.95. The van der Waals surface area contributed by atoms with Gasteiger partial charge in [-0.1, -0.05) is 19.9 Å². The summed E-state index contributed by atoms with van der Waals surface area (Å²) in [5.41, 5.74) is 0.513. The largest absolute Gasteiger partial charge is 0.357 e. The van der Waals surface area contributed by atoms with Crippen molar-refractivity contribution in [1.29, 1.82) is 0 Å². The van der Waals surface area contributed by atoms with Crippen molar-refractivity contribution in [1.82, 2.24) is 10.6 Å². The van der Waals surface area contributed by atoms with Crippen LogP contribution in [0.4, 0.5) is 0 Å². The fraction of sp³-hybridized carbons (Fsp3) is 0.750. The number of nitrogens with zero attached hydrogens (tertiary/aromatic N) is 1. The van der Waals surface area contributed by atoms with Crippen molar-refractivity contribution in [2.75, 3.05) is 19.6 Å². The molecular weight excluding hydrogens is 186 g/mol. The lowest BCUT2D eigenvalue weighted by atomic mass is 10.1. The highest BCUT2D eigenvalue weighted by Crippen LogP contribution is 2.51. The maximum Gasteiger partial charge on any atom is 0.191 e. The molecule has 1 fully saturated rings. The first-order valence-corrected chi connectivity index (χ1v) is 5.73. The third-order valence-corrected chi connectivity index (χ3v) is 2.95. The molecule has 1 unspecified atom stereocenters. The quantitative estimate of drug-likeness (QED) is 0.411. The molecule has 1 aliphatic carbocycles. The van der Waals surface area contributed by atoms with E-state index in [4.69, 9.17) is 0 Å². The molecule has 1 rings (SSSR count). The molecule has 1 saturated carbocycles. The minimum atomic E-state index is 0.513. The van der Waals surface area contributed by atoms with Crippen LogP contribution in [0.15, 0.2) is 17.6 Å². The van der Waals surface area contributed by atoms with E-state index in [0.717, 1.165) is 31.5 Å². The van der Waals surface area contributed by atoms with Crippen LogP contribution in [0.2, 0.25) is 0 Å². The highest BCUT2D eigenvalue weighted by Gasteiger charge is 2.45. The van der Waals surface area contributed by atoms with E-state index < -0.39 is 0 Å². The molecular formula is C12H23N3. The molecule has 86 valence electrons. The number of nitrogens with one attached hydrogen (secondary N) is 2. The summed E-state index contributed by atoms with van der Waals surface area (Å²) in [6.07, 6.45) is 3.14. The topological polar surface area (TPSA) is 36.4 Å². The van der Waals surface area contributed by atoms with Gasteiger partial charge in [0.05, 0.1) is 0 Å². The van der Waals surface area contributed by atoms with Gasteiger partial charge in [0, 0.05) is 19.6 Å². The first kappa shape index (κ1) is 12.1. The van der Waals surface area contributed by atoms with Gasteiger partial charge in [0.1, 0.15) is 0 Å². The zero-order chi connectivity index (χ0) is 11.3. The Morgan fingerprint density at radius 3 is 2.67 bits per heavy atom. The minimum Gasteiger partial charge on any atom is -0.357 e. The van der Waals surface area contributed by atoms with E-state index in [9.17, 15) is 0 Å². The SMILES string of the molecule is C=CCNC(=NCC1CC1(C)C)NCC. The molecule has 0 spiro atoms. The van der Waals surface area contributed by atoms with Crippen LogP contribution in [0.25, 0.3) is 0 Å². The molecule has 3 nitrogen and oxygen atoms in total. The smallest absolute Gasteiger partial charge is 0.191 e. The molecule has 1 atom stereocenters. The minimum absolute atomic E-state index is 0.513. The summed E-state index contributed by atoms with van der Waals surface area (Å²) in [6.45, 7) is 13.0. The highest BCUT2D eigenvalue weighted by molar-refractivity contribution is 5.79. The van der Waals surface area contributed by atoms with Crippen molar-refractivity contribution in [2.24, 2.45) is 16.3 Å². The van der Waals surface area contributed by atoms with Crippen molar-refractivity contribution < 1.29 is 0 Å². The third kappa shape index (κ3) is 3.94. The Morgan fingerprint density at radius 1 is 1.53 bits per heavy atom. The molecule has 0 heterocycles. The average Bonchev–Trinajstić information content (AvgIpc) is 2.79. The Bertz CT molecular complexity index is 243. The van der Waals surface area contributed by atoms with Gasteiger partial charge < -0.3 is 10.6 Å². The van der Waals surface area contributed by atoms with Crippen LogP contribution in [0.1, 0.15) is 27.2 Å². The van der Waals surface area contributed by atoms with Crippen LogP contribution in [0.3, 0.4) is 0 Å². The van der Waals surface area contributed by atoms with Crippen LogP contribution in [-0.4, -0.2) is 25.6 Å². The van der Waals surface area contributed by atoms with Crippen LogP contribution >= 0.6 is 0 Å². The van der Waals surface area contributed by atoms with Gasteiger partial charge in [-0.25, -0.2) is 0 Å². The lowest BCUT2D eigenvalue weighted by molar-refractivity contribution is 0.564. The summed E-state index contributed by atoms with van der Waals surface area (Å²) in [5.74, 6) is 1.66. The van der Waals surface area contributed by atoms with Crippen molar-refractivity contribution in [2.45, 2.75) is 27.2 Å². The molecule has 2 N–H and O–H groups in total. The van der Waals surface area contributed by atoms with Gasteiger partial charge >= 0.3 is 0 Å². The first-order chi connectivity index (χ1) is 7.10. The number of aliphatic imine (C=N–C) groups is 1. The van der Waals surface area contributed by atoms with Gasteiger partial charge in [0.15, 0.2) is 5.96 Å². The van der Waals surface area contributed by atoms with Crippen molar-refractivity contribution in [3.05, 3.63) is 12.7 Å². The Hall–Kier alpha value is -0.990. The zero-order valence-corrected chi connectivity index (χ0v) is 10.1. The first-order valence-electron chi connectivity index (χ1n) is 5.73. The maximum absolute atomic E-state index is 4.56. The van der Waals surface area contributed by atoms with E-state index >= 15 is 0 Å². The van der Waals surface area contributed by atoms with Gasteiger partial charge in [0.2, 0.25) is 0 Å². The second-order valence-electron chi connectivity index (χ2n) is 4.78. The predicted molar refractivity (Wildman–Crippen MR) is 66.1 cm³/mol. The summed E-state index contributed by atoms with van der Waals surface area (Å²) >= 11 is 0. The maximum atomic E-state index is 4.56. The Morgan fingerprint density at radius 2 is 2.20 bits per heavy atom. The van der Waals surface area contributed by atoms with Crippen LogP contribution < -0.4 is 10.6 Å². The van der Waals surface area contributed by atoms with Crippen LogP contribution in [-0.2, 0) is 0 Å². The van der Waals surface area contributed by atoms with E-state index in [2.05, 4.69) is 43.0 Å². The zero-order valence-electron chi connectivity index (χ0n) is 10.1. The standard InChI is InChI=1S/C12H23N3/c1-5-7-14-11(13-6-2)15-9-10-8-12(10,3)4/h5,10H,1,6-9H2,2-4H3,(H2,13,14,15). The molecule has 0 amide bonds. The summed E-state index contributed by atoms with van der Waals surface area (Å²) < 4.78 is 0. The summed E-state index contributed by atoms with van der Waals surface area (Å²) in [4.78, 5) is 4.56. The highest BCUT2D eigenvalue weighted by atomic mass is 15.2. The molecule has 0 radical (unpaired) electrons. The summed E-state index contributed by atoms with van der Waals surface area (Å²) in [5, 5.41) is 6.42. The Kier molecular flexibility index (Phi) is 4.18. The molecule has 0 aromatic heterocycles. The van der Waals surface area contributed by atoms with Gasteiger partial charge in [-0.05, 0) is 24.7 Å². The predicted octanol–water partition coefficient (Wildman–Crippen LogP) is 1.77. The molecule has 0 aromatic rings. The average molecular weight is 209 g/mol. The van der Waals surface area contributed by atoms with Crippen molar-refractivity contribution >= 4 is 5.96 Å². The lowest BCUT2D eigenvalue weighted by Crippen LogP contribution is -2.37. The second-order valence-corrected chi connectivity index (χ2v) is 4.78. The van der Waals surface area contributed by atoms with Crippen LogP contribution in [0.5, 0.6) is 0 Å². The number of hydrogen-bond acceptors (Lipinski definition) is 1. The van der Waals surface area contributed by atoms with Crippen LogP contribution in [0, 0.1) is 11.3 Å². The van der Waals surface area contributed by atoms with Gasteiger partial charge in [-0.2, -0.15) is 0 Å². The summed E-state index contributed by atoms with van der Waals surface area (Å²) in [7, 11) is 0. The van der Waals surface area contributed by atoms with Gasteiger partial charge in [0.25, 0.3) is 0 Å². The van der Waals surface area contributed by atoms with E-state index in [1.807, 2.05) is 6.08 Å². The molecule has 0 aliphatic heterocycles. The lowest BCUT2D eigenvalue weighted by Gasteiger charge is -2.09. The van der Waals surface area contributed by atoms with E-state index in [0.29, 0.717) is 5.41 Å². The van der Waals surface area contributed by atoms with E-state index in [1.165, 1.54) is 6.42 Å². The van der Waals surface area contributed by atoms with Gasteiger partial charge in [-0.15, -0.1) is 6.58 Å². The fourth-order valence-corrected chi connectivity index (χ4v) is 1.60. The van der Waals surface area contributed by atoms with E-state index in [1.54, 1.807) is 0 Å². The molecule has 3 heteroatoms. The second kappa shape index (κ2) is 5.19. The molecule has 0 bridgehead atoms. The normalized spacial score (nSPS) is 23.4. The molecule has 15 heavy (non-hydrogen) atoms. The number of rotatable bonds is 5. The Labute approximate surface area is 93.1 Å². The number of hydrogen-bond donors (Lipinski definition) is 2. The Balaban J connectivity index is 2.34. The molecule has 0 saturated heterocycles. The monoisotopic (exact) mass is 209 g/mol. The number of guanidine groups is 1. The molecule has 1 aliphatic rings. The van der Waals surface area contributed by atoms with Crippen molar-refractivity contribution in [3.8, 4) is 0 Å². The molecule has 0 aromatic carbocycles. The summed E-state index contributed by atoms with van der Waals surface area (Å²) in [6, 6.07) is 0. The van der Waals surface area contributed by atoms with E-state index in [-0.39, 0.29) is 0 Å². The van der Waals surface area contributed by atoms with Crippen molar-refractivity contribution in [3.63, 3.8) is 0 Å².